The monoisotopic (exact) mass is 329 g/mol. The lowest BCUT2D eigenvalue weighted by Crippen LogP contribution is -2.26. The summed E-state index contributed by atoms with van der Waals surface area (Å²) in [6.45, 7) is -0.138. The molecule has 0 aliphatic carbocycles. The molecule has 0 saturated heterocycles. The molecule has 0 bridgehead atoms. The smallest absolute Gasteiger partial charge is 0.207 e. The minimum Gasteiger partial charge on any atom is -0.207 e. The summed E-state index contributed by atoms with van der Waals surface area (Å²) in [4.78, 5) is 0.101. The van der Waals surface area contributed by atoms with Gasteiger partial charge in [-0.05, 0) is 23.8 Å². The maximum Gasteiger partial charge on any atom is 0.416 e. The summed E-state index contributed by atoms with van der Waals surface area (Å²) in [6.07, 6.45) is -4.45. The van der Waals surface area contributed by atoms with Gasteiger partial charge in [-0.25, -0.2) is 8.42 Å². The van der Waals surface area contributed by atoms with Crippen molar-refractivity contribution in [3.8, 4) is 0 Å². The third-order valence-electron chi connectivity index (χ3n) is 3.11. The summed E-state index contributed by atoms with van der Waals surface area (Å²) < 4.78 is 63.7. The Bertz CT molecular complexity index is 743. The van der Waals surface area contributed by atoms with Gasteiger partial charge in [0.15, 0.2) is 0 Å². The van der Waals surface area contributed by atoms with Crippen molar-refractivity contribution in [2.24, 2.45) is 0 Å². The Hall–Kier alpha value is -1.86. The van der Waals surface area contributed by atoms with Crippen LogP contribution in [0.2, 0.25) is 0 Å². The lowest BCUT2D eigenvalue weighted by Gasteiger charge is -2.18. The molecule has 0 spiro atoms. The molecule has 0 heterocycles. The fraction of sp³-hybridized carbons (Fsp3) is 0.200. The molecule has 22 heavy (non-hydrogen) atoms. The van der Waals surface area contributed by atoms with Crippen LogP contribution in [0.5, 0.6) is 0 Å². The molecule has 0 radical (unpaired) electrons. The van der Waals surface area contributed by atoms with Gasteiger partial charge in [0, 0.05) is 13.6 Å². The zero-order valence-corrected chi connectivity index (χ0v) is 12.5. The van der Waals surface area contributed by atoms with Crippen LogP contribution >= 0.6 is 0 Å². The predicted molar refractivity (Wildman–Crippen MR) is 76.5 cm³/mol. The van der Waals surface area contributed by atoms with Crippen molar-refractivity contribution in [1.82, 2.24) is 4.31 Å². The van der Waals surface area contributed by atoms with Gasteiger partial charge in [0.05, 0.1) is 10.5 Å². The van der Waals surface area contributed by atoms with Gasteiger partial charge in [-0.3, -0.25) is 0 Å². The Balaban J connectivity index is 2.24. The number of hydrogen-bond donors (Lipinski definition) is 0. The molecule has 0 amide bonds. The Morgan fingerprint density at radius 3 is 2.23 bits per heavy atom. The molecule has 7 heteroatoms. The number of alkyl halides is 3. The van der Waals surface area contributed by atoms with Crippen molar-refractivity contribution < 1.29 is 21.6 Å². The zero-order chi connectivity index (χ0) is 16.4. The predicted octanol–water partition coefficient (Wildman–Crippen LogP) is 3.53. The van der Waals surface area contributed by atoms with Crippen molar-refractivity contribution in [1.29, 1.82) is 0 Å². The van der Waals surface area contributed by atoms with Gasteiger partial charge < -0.3 is 0 Å². The van der Waals surface area contributed by atoms with Gasteiger partial charge in [0.2, 0.25) is 10.0 Å². The highest BCUT2D eigenvalue weighted by Gasteiger charge is 2.30. The maximum absolute atomic E-state index is 12.7. The summed E-state index contributed by atoms with van der Waals surface area (Å²) in [7, 11) is -2.40. The first kappa shape index (κ1) is 16.5. The number of benzene rings is 2. The molecule has 3 nitrogen and oxygen atoms in total. The van der Waals surface area contributed by atoms with Crippen molar-refractivity contribution in [2.45, 2.75) is 17.6 Å². The summed E-state index contributed by atoms with van der Waals surface area (Å²) in [5.41, 5.74) is -0.521. The molecule has 0 aliphatic rings. The topological polar surface area (TPSA) is 37.4 Å². The average molecular weight is 329 g/mol. The second-order valence-corrected chi connectivity index (χ2v) is 6.82. The van der Waals surface area contributed by atoms with Crippen molar-refractivity contribution in [3.05, 3.63) is 65.7 Å². The van der Waals surface area contributed by atoms with Gasteiger partial charge in [0.25, 0.3) is 0 Å². The van der Waals surface area contributed by atoms with E-state index in [-0.39, 0.29) is 17.0 Å². The lowest BCUT2D eigenvalue weighted by atomic mass is 10.1. The molecule has 2 aromatic carbocycles. The fourth-order valence-corrected chi connectivity index (χ4v) is 3.14. The summed E-state index contributed by atoms with van der Waals surface area (Å²) in [5, 5.41) is 0. The largest absolute Gasteiger partial charge is 0.416 e. The third kappa shape index (κ3) is 3.66. The molecule has 2 aromatic rings. The van der Waals surface area contributed by atoms with E-state index in [1.807, 2.05) is 0 Å². The molecule has 0 fully saturated rings. The summed E-state index contributed by atoms with van der Waals surface area (Å²) >= 11 is 0. The van der Waals surface area contributed by atoms with Crippen LogP contribution in [-0.2, 0) is 22.7 Å². The van der Waals surface area contributed by atoms with Crippen molar-refractivity contribution in [3.63, 3.8) is 0 Å². The number of hydrogen-bond acceptors (Lipinski definition) is 2. The minimum absolute atomic E-state index is 0.101. The van der Waals surface area contributed by atoms with Gasteiger partial charge in [-0.15, -0.1) is 0 Å². The van der Waals surface area contributed by atoms with Crippen LogP contribution in [0.25, 0.3) is 0 Å². The SMILES string of the molecule is CN(Cc1cccc(C(F)(F)F)c1)S(=O)(=O)c1ccccc1. The molecule has 2 rings (SSSR count). The third-order valence-corrected chi connectivity index (χ3v) is 4.93. The van der Waals surface area contributed by atoms with E-state index in [0.717, 1.165) is 16.4 Å². The standard InChI is InChI=1S/C15H14F3NO2S/c1-19(22(20,21)14-8-3-2-4-9-14)11-12-6-5-7-13(10-12)15(16,17)18/h2-10H,11H2,1H3. The Morgan fingerprint density at radius 2 is 1.64 bits per heavy atom. The van der Waals surface area contributed by atoms with Gasteiger partial charge >= 0.3 is 6.18 Å². The molecule has 0 N–H and O–H groups in total. The van der Waals surface area contributed by atoms with Gasteiger partial charge in [-0.2, -0.15) is 17.5 Å². The maximum atomic E-state index is 12.7. The number of halogens is 3. The first-order valence-corrected chi connectivity index (χ1v) is 7.83. The van der Waals surface area contributed by atoms with E-state index >= 15 is 0 Å². The lowest BCUT2D eigenvalue weighted by molar-refractivity contribution is -0.137. The van der Waals surface area contributed by atoms with Crippen LogP contribution in [0, 0.1) is 0 Å². The van der Waals surface area contributed by atoms with Gasteiger partial charge in [0.1, 0.15) is 0 Å². The first-order valence-electron chi connectivity index (χ1n) is 6.39. The van der Waals surface area contributed by atoms with Crippen molar-refractivity contribution >= 4 is 10.0 Å². The van der Waals surface area contributed by atoms with E-state index in [1.54, 1.807) is 18.2 Å². The quantitative estimate of drug-likeness (QED) is 0.860. The second-order valence-electron chi connectivity index (χ2n) is 4.77. The number of sulfonamides is 1. The van der Waals surface area contributed by atoms with Crippen LogP contribution in [0.4, 0.5) is 13.2 Å². The van der Waals surface area contributed by atoms with E-state index in [1.165, 1.54) is 31.3 Å². The molecule has 0 unspecified atom stereocenters. The highest BCUT2D eigenvalue weighted by atomic mass is 32.2. The summed E-state index contributed by atoms with van der Waals surface area (Å²) in [6, 6.07) is 12.4. The fourth-order valence-electron chi connectivity index (χ4n) is 1.96. The van der Waals surface area contributed by atoms with Gasteiger partial charge in [-0.1, -0.05) is 36.4 Å². The molecular weight excluding hydrogens is 315 g/mol. The summed E-state index contributed by atoms with van der Waals surface area (Å²) in [5.74, 6) is 0. The van der Waals surface area contributed by atoms with E-state index in [0.29, 0.717) is 0 Å². The highest BCUT2D eigenvalue weighted by molar-refractivity contribution is 7.89. The molecule has 0 aromatic heterocycles. The van der Waals surface area contributed by atoms with Crippen LogP contribution in [-0.4, -0.2) is 19.8 Å². The van der Waals surface area contributed by atoms with E-state index < -0.39 is 21.8 Å². The van der Waals surface area contributed by atoms with Crippen molar-refractivity contribution in [2.75, 3.05) is 7.05 Å². The second kappa shape index (κ2) is 6.10. The minimum atomic E-state index is -4.45. The van der Waals surface area contributed by atoms with E-state index in [2.05, 4.69) is 0 Å². The van der Waals surface area contributed by atoms with E-state index in [9.17, 15) is 21.6 Å². The Morgan fingerprint density at radius 1 is 1.00 bits per heavy atom. The van der Waals surface area contributed by atoms with E-state index in [4.69, 9.17) is 0 Å². The number of nitrogens with zero attached hydrogens (tertiary/aromatic N) is 1. The molecule has 0 aliphatic heterocycles. The molecular formula is C15H14F3NO2S. The Labute approximate surface area is 127 Å². The Kier molecular flexibility index (Phi) is 4.58. The number of rotatable bonds is 4. The zero-order valence-electron chi connectivity index (χ0n) is 11.7. The molecule has 0 saturated carbocycles. The molecule has 0 atom stereocenters. The van der Waals surface area contributed by atoms with Crippen LogP contribution in [0.1, 0.15) is 11.1 Å². The molecule has 118 valence electrons. The average Bonchev–Trinajstić information content (AvgIpc) is 2.47. The van der Waals surface area contributed by atoms with Crippen LogP contribution < -0.4 is 0 Å². The van der Waals surface area contributed by atoms with Crippen LogP contribution in [0.15, 0.2) is 59.5 Å². The first-order chi connectivity index (χ1) is 10.2. The van der Waals surface area contributed by atoms with Crippen LogP contribution in [0.3, 0.4) is 0 Å². The highest BCUT2D eigenvalue weighted by Crippen LogP contribution is 2.30. The normalized spacial score (nSPS) is 12.6.